The molecular formula is C15H21NO4. The Morgan fingerprint density at radius 1 is 1.35 bits per heavy atom. The highest BCUT2D eigenvalue weighted by Gasteiger charge is 2.25. The second kappa shape index (κ2) is 6.61. The van der Waals surface area contributed by atoms with Crippen molar-refractivity contribution in [3.05, 3.63) is 23.8 Å². The van der Waals surface area contributed by atoms with Gasteiger partial charge in [0.15, 0.2) is 0 Å². The lowest BCUT2D eigenvalue weighted by Crippen LogP contribution is -2.32. The Kier molecular flexibility index (Phi) is 4.84. The van der Waals surface area contributed by atoms with Crippen molar-refractivity contribution in [3.8, 4) is 11.5 Å². The highest BCUT2D eigenvalue weighted by molar-refractivity contribution is 5.97. The zero-order valence-corrected chi connectivity index (χ0v) is 11.9. The number of rotatable bonds is 5. The molecule has 1 aromatic carbocycles. The van der Waals surface area contributed by atoms with Gasteiger partial charge in [0.1, 0.15) is 11.5 Å². The number of hydrogen-bond donors (Lipinski definition) is 2. The minimum absolute atomic E-state index is 0.149. The number of aliphatic hydroxyl groups excluding tert-OH is 1. The average molecular weight is 279 g/mol. The van der Waals surface area contributed by atoms with Crippen LogP contribution in [0, 0.1) is 5.92 Å². The van der Waals surface area contributed by atoms with Crippen LogP contribution in [0.15, 0.2) is 18.2 Å². The Morgan fingerprint density at radius 3 is 2.75 bits per heavy atom. The van der Waals surface area contributed by atoms with E-state index < -0.39 is 0 Å². The van der Waals surface area contributed by atoms with E-state index >= 15 is 0 Å². The van der Waals surface area contributed by atoms with Crippen LogP contribution >= 0.6 is 0 Å². The minimum atomic E-state index is -0.303. The van der Waals surface area contributed by atoms with Crippen molar-refractivity contribution in [3.63, 3.8) is 0 Å². The Morgan fingerprint density at radius 2 is 2.15 bits per heavy atom. The largest absolute Gasteiger partial charge is 0.497 e. The molecule has 5 nitrogen and oxygen atoms in total. The van der Waals surface area contributed by atoms with Gasteiger partial charge < -0.3 is 19.9 Å². The van der Waals surface area contributed by atoms with Crippen molar-refractivity contribution in [2.75, 3.05) is 20.8 Å². The molecule has 0 saturated heterocycles. The summed E-state index contributed by atoms with van der Waals surface area (Å²) >= 11 is 0. The molecule has 2 atom stereocenters. The summed E-state index contributed by atoms with van der Waals surface area (Å²) in [5, 5.41) is 12.6. The van der Waals surface area contributed by atoms with Crippen LogP contribution in [-0.4, -0.2) is 37.9 Å². The van der Waals surface area contributed by atoms with Crippen molar-refractivity contribution >= 4 is 5.91 Å². The first-order chi connectivity index (χ1) is 9.65. The molecule has 20 heavy (non-hydrogen) atoms. The van der Waals surface area contributed by atoms with Crippen LogP contribution < -0.4 is 14.8 Å². The maximum atomic E-state index is 12.2. The van der Waals surface area contributed by atoms with E-state index in [4.69, 9.17) is 9.47 Å². The molecule has 0 bridgehead atoms. The van der Waals surface area contributed by atoms with Gasteiger partial charge in [-0.2, -0.15) is 0 Å². The Labute approximate surface area is 118 Å². The van der Waals surface area contributed by atoms with Crippen LogP contribution in [0.5, 0.6) is 11.5 Å². The molecule has 0 radical (unpaired) electrons. The maximum Gasteiger partial charge on any atom is 0.255 e. The summed E-state index contributed by atoms with van der Waals surface area (Å²) in [6, 6.07) is 5.10. The lowest BCUT2D eigenvalue weighted by molar-refractivity contribution is 0.0913. The van der Waals surface area contributed by atoms with E-state index in [1.54, 1.807) is 25.3 Å². The van der Waals surface area contributed by atoms with Gasteiger partial charge in [0.2, 0.25) is 0 Å². The molecule has 0 spiro atoms. The van der Waals surface area contributed by atoms with Crippen molar-refractivity contribution < 1.29 is 19.4 Å². The lowest BCUT2D eigenvalue weighted by atomic mass is 10.1. The molecule has 1 aliphatic carbocycles. The van der Waals surface area contributed by atoms with Crippen molar-refractivity contribution in [1.29, 1.82) is 0 Å². The highest BCUT2D eigenvalue weighted by atomic mass is 16.5. The first kappa shape index (κ1) is 14.7. The standard InChI is InChI=1S/C15H21NO4/c1-19-11-6-7-14(20-2)12(8-11)15(18)16-9-10-4-3-5-13(10)17/h6-8,10,13,17H,3-5,9H2,1-2H3,(H,16,18). The smallest absolute Gasteiger partial charge is 0.255 e. The molecule has 1 saturated carbocycles. The molecule has 1 aromatic rings. The molecule has 2 N–H and O–H groups in total. The summed E-state index contributed by atoms with van der Waals surface area (Å²) in [6.45, 7) is 0.486. The molecule has 5 heteroatoms. The molecule has 0 heterocycles. The zero-order valence-electron chi connectivity index (χ0n) is 11.9. The van der Waals surface area contributed by atoms with Gasteiger partial charge in [0.25, 0.3) is 5.91 Å². The van der Waals surface area contributed by atoms with Crippen molar-refractivity contribution in [2.24, 2.45) is 5.92 Å². The Bertz CT molecular complexity index is 475. The average Bonchev–Trinajstić information content (AvgIpc) is 2.89. The van der Waals surface area contributed by atoms with Gasteiger partial charge in [-0.05, 0) is 31.0 Å². The van der Waals surface area contributed by atoms with Crippen LogP contribution in [0.25, 0.3) is 0 Å². The van der Waals surface area contributed by atoms with Gasteiger partial charge in [-0.25, -0.2) is 0 Å². The first-order valence-corrected chi connectivity index (χ1v) is 6.84. The fraction of sp³-hybridized carbons (Fsp3) is 0.533. The second-order valence-corrected chi connectivity index (χ2v) is 5.03. The van der Waals surface area contributed by atoms with Gasteiger partial charge in [0.05, 0.1) is 25.9 Å². The number of benzene rings is 1. The molecule has 1 fully saturated rings. The van der Waals surface area contributed by atoms with Crippen LogP contribution in [0.3, 0.4) is 0 Å². The number of hydrogen-bond acceptors (Lipinski definition) is 4. The van der Waals surface area contributed by atoms with E-state index in [-0.39, 0.29) is 17.9 Å². The van der Waals surface area contributed by atoms with Crippen LogP contribution in [0.2, 0.25) is 0 Å². The summed E-state index contributed by atoms with van der Waals surface area (Å²) in [5.74, 6) is 1.06. The molecule has 1 aliphatic rings. The lowest BCUT2D eigenvalue weighted by Gasteiger charge is -2.16. The van der Waals surface area contributed by atoms with E-state index in [1.807, 2.05) is 0 Å². The third kappa shape index (κ3) is 3.22. The molecule has 0 aliphatic heterocycles. The van der Waals surface area contributed by atoms with E-state index in [0.717, 1.165) is 19.3 Å². The number of nitrogens with one attached hydrogen (secondary N) is 1. The van der Waals surface area contributed by atoms with Gasteiger partial charge in [-0.3, -0.25) is 4.79 Å². The third-order valence-corrected chi connectivity index (χ3v) is 3.80. The first-order valence-electron chi connectivity index (χ1n) is 6.84. The SMILES string of the molecule is COc1ccc(OC)c(C(=O)NCC2CCCC2O)c1. The number of carbonyl (C=O) groups is 1. The quantitative estimate of drug-likeness (QED) is 0.859. The molecule has 2 unspecified atom stereocenters. The summed E-state index contributed by atoms with van der Waals surface area (Å²) in [5.41, 5.74) is 0.444. The number of methoxy groups -OCH3 is 2. The number of aliphatic hydroxyl groups is 1. The third-order valence-electron chi connectivity index (χ3n) is 3.80. The predicted molar refractivity (Wildman–Crippen MR) is 75.2 cm³/mol. The van der Waals surface area contributed by atoms with Crippen molar-refractivity contribution in [1.82, 2.24) is 5.32 Å². The molecule has 110 valence electrons. The molecular weight excluding hydrogens is 258 g/mol. The van der Waals surface area contributed by atoms with E-state index in [2.05, 4.69) is 5.32 Å². The van der Waals surface area contributed by atoms with Crippen LogP contribution in [0.1, 0.15) is 29.6 Å². The summed E-state index contributed by atoms with van der Waals surface area (Å²) in [4.78, 5) is 12.2. The van der Waals surface area contributed by atoms with Gasteiger partial charge in [0, 0.05) is 12.5 Å². The maximum absolute atomic E-state index is 12.2. The van der Waals surface area contributed by atoms with Gasteiger partial charge in [-0.15, -0.1) is 0 Å². The fourth-order valence-electron chi connectivity index (χ4n) is 2.57. The molecule has 0 aromatic heterocycles. The number of carbonyl (C=O) groups excluding carboxylic acids is 1. The fourth-order valence-corrected chi connectivity index (χ4v) is 2.57. The van der Waals surface area contributed by atoms with Crippen LogP contribution in [-0.2, 0) is 0 Å². The van der Waals surface area contributed by atoms with Crippen LogP contribution in [0.4, 0.5) is 0 Å². The Hall–Kier alpha value is -1.75. The Balaban J connectivity index is 2.04. The monoisotopic (exact) mass is 279 g/mol. The highest BCUT2D eigenvalue weighted by Crippen LogP contribution is 2.26. The van der Waals surface area contributed by atoms with E-state index in [1.165, 1.54) is 7.11 Å². The number of ether oxygens (including phenoxy) is 2. The van der Waals surface area contributed by atoms with E-state index in [9.17, 15) is 9.90 Å². The normalized spacial score (nSPS) is 21.6. The summed E-state index contributed by atoms with van der Waals surface area (Å²) in [6.07, 6.45) is 2.49. The second-order valence-electron chi connectivity index (χ2n) is 5.03. The minimum Gasteiger partial charge on any atom is -0.497 e. The van der Waals surface area contributed by atoms with E-state index in [0.29, 0.717) is 23.6 Å². The molecule has 2 rings (SSSR count). The molecule has 1 amide bonds. The predicted octanol–water partition coefficient (Wildman–Crippen LogP) is 1.59. The topological polar surface area (TPSA) is 67.8 Å². The number of amides is 1. The summed E-state index contributed by atoms with van der Waals surface area (Å²) in [7, 11) is 3.08. The zero-order chi connectivity index (χ0) is 14.5. The van der Waals surface area contributed by atoms with Crippen molar-refractivity contribution in [2.45, 2.75) is 25.4 Å². The van der Waals surface area contributed by atoms with Gasteiger partial charge >= 0.3 is 0 Å². The summed E-state index contributed by atoms with van der Waals surface area (Å²) < 4.78 is 10.3. The van der Waals surface area contributed by atoms with Gasteiger partial charge in [-0.1, -0.05) is 6.42 Å².